The van der Waals surface area contributed by atoms with Gasteiger partial charge in [0.2, 0.25) is 0 Å². The van der Waals surface area contributed by atoms with Crippen LogP contribution < -0.4 is 5.73 Å². The van der Waals surface area contributed by atoms with Crippen LogP contribution in [0.5, 0.6) is 0 Å². The fourth-order valence-electron chi connectivity index (χ4n) is 3.05. The van der Waals surface area contributed by atoms with Crippen molar-refractivity contribution in [2.75, 3.05) is 6.54 Å². The smallest absolute Gasteiger partial charge is 0.0631 e. The molecule has 3 atom stereocenters. The molecule has 102 valence electrons. The van der Waals surface area contributed by atoms with E-state index in [4.69, 9.17) is 10.5 Å². The van der Waals surface area contributed by atoms with Crippen molar-refractivity contribution in [2.24, 2.45) is 23.5 Å². The van der Waals surface area contributed by atoms with E-state index in [1.165, 1.54) is 25.7 Å². The molecule has 0 radical (unpaired) electrons. The van der Waals surface area contributed by atoms with E-state index >= 15 is 0 Å². The van der Waals surface area contributed by atoms with Crippen LogP contribution in [-0.2, 0) is 4.74 Å². The second-order valence-electron chi connectivity index (χ2n) is 6.60. The zero-order valence-electron chi connectivity index (χ0n) is 12.3. The molecule has 17 heavy (non-hydrogen) atoms. The maximum atomic E-state index is 6.15. The van der Waals surface area contributed by atoms with Gasteiger partial charge in [0.15, 0.2) is 0 Å². The molecular weight excluding hydrogens is 210 g/mol. The summed E-state index contributed by atoms with van der Waals surface area (Å²) in [4.78, 5) is 0. The molecule has 3 unspecified atom stereocenters. The highest BCUT2D eigenvalue weighted by Gasteiger charge is 2.36. The number of hydrogen-bond donors (Lipinski definition) is 1. The predicted octanol–water partition coefficient (Wildman–Crippen LogP) is 3.59. The summed E-state index contributed by atoms with van der Waals surface area (Å²) in [6.07, 6.45) is 5.23. The van der Waals surface area contributed by atoms with E-state index in [-0.39, 0.29) is 5.60 Å². The molecule has 2 N–H and O–H groups in total. The number of rotatable bonds is 6. The standard InChI is InChI=1S/C15H31NO/c1-6-12(11(2)3)9-13(10-16)14-7-8-15(4,5)17-14/h11-14H,6-10,16H2,1-5H3. The van der Waals surface area contributed by atoms with Crippen molar-refractivity contribution in [1.29, 1.82) is 0 Å². The molecule has 2 nitrogen and oxygen atoms in total. The minimum absolute atomic E-state index is 0.0671. The first-order chi connectivity index (χ1) is 7.89. The molecule has 0 amide bonds. The Balaban J connectivity index is 2.54. The van der Waals surface area contributed by atoms with Crippen LogP contribution in [0.15, 0.2) is 0 Å². The van der Waals surface area contributed by atoms with Crippen LogP contribution in [0.2, 0.25) is 0 Å². The van der Waals surface area contributed by atoms with Gasteiger partial charge < -0.3 is 10.5 Å². The molecule has 0 aromatic carbocycles. The summed E-state index contributed by atoms with van der Waals surface area (Å²) in [5.41, 5.74) is 6.03. The first-order valence-electron chi connectivity index (χ1n) is 7.27. The van der Waals surface area contributed by atoms with Gasteiger partial charge in [-0.3, -0.25) is 0 Å². The van der Waals surface area contributed by atoms with Gasteiger partial charge in [-0.1, -0.05) is 27.2 Å². The van der Waals surface area contributed by atoms with Gasteiger partial charge in [0.25, 0.3) is 0 Å². The molecule has 0 aromatic rings. The molecule has 2 heteroatoms. The fourth-order valence-corrected chi connectivity index (χ4v) is 3.05. The minimum Gasteiger partial charge on any atom is -0.372 e. The Kier molecular flexibility index (Phi) is 5.46. The van der Waals surface area contributed by atoms with Gasteiger partial charge in [0.05, 0.1) is 11.7 Å². The molecule has 1 heterocycles. The maximum Gasteiger partial charge on any atom is 0.0631 e. The third kappa shape index (κ3) is 4.26. The Bertz CT molecular complexity index is 225. The molecule has 0 saturated carbocycles. The third-order valence-corrected chi connectivity index (χ3v) is 4.40. The van der Waals surface area contributed by atoms with Crippen LogP contribution in [-0.4, -0.2) is 18.2 Å². The van der Waals surface area contributed by atoms with Crippen molar-refractivity contribution in [2.45, 2.75) is 72.0 Å². The largest absolute Gasteiger partial charge is 0.372 e. The second-order valence-corrected chi connectivity index (χ2v) is 6.60. The summed E-state index contributed by atoms with van der Waals surface area (Å²) in [6, 6.07) is 0. The van der Waals surface area contributed by atoms with E-state index in [2.05, 4.69) is 34.6 Å². The molecule has 1 aliphatic heterocycles. The van der Waals surface area contributed by atoms with Crippen LogP contribution in [0.3, 0.4) is 0 Å². The summed E-state index contributed by atoms with van der Waals surface area (Å²) >= 11 is 0. The first kappa shape index (κ1) is 15.0. The lowest BCUT2D eigenvalue weighted by Crippen LogP contribution is -2.32. The van der Waals surface area contributed by atoms with Crippen LogP contribution in [0.4, 0.5) is 0 Å². The molecule has 1 rings (SSSR count). The van der Waals surface area contributed by atoms with Crippen molar-refractivity contribution >= 4 is 0 Å². The molecular formula is C15H31NO. The molecule has 1 saturated heterocycles. The summed E-state index contributed by atoms with van der Waals surface area (Å²) < 4.78 is 6.15. The van der Waals surface area contributed by atoms with Crippen LogP contribution in [0.1, 0.15) is 60.3 Å². The molecule has 1 fully saturated rings. The molecule has 1 aliphatic rings. The normalized spacial score (nSPS) is 27.4. The lowest BCUT2D eigenvalue weighted by Gasteiger charge is -2.29. The SMILES string of the molecule is CCC(CC(CN)C1CCC(C)(C)O1)C(C)C. The summed E-state index contributed by atoms with van der Waals surface area (Å²) in [5.74, 6) is 2.09. The zero-order valence-corrected chi connectivity index (χ0v) is 12.3. The van der Waals surface area contributed by atoms with E-state index < -0.39 is 0 Å². The summed E-state index contributed by atoms with van der Waals surface area (Å²) in [7, 11) is 0. The molecule has 0 bridgehead atoms. The summed E-state index contributed by atoms with van der Waals surface area (Å²) in [6.45, 7) is 12.1. The Morgan fingerprint density at radius 2 is 2.00 bits per heavy atom. The Morgan fingerprint density at radius 1 is 1.35 bits per heavy atom. The molecule has 0 spiro atoms. The first-order valence-corrected chi connectivity index (χ1v) is 7.27. The Hall–Kier alpha value is -0.0800. The fraction of sp³-hybridized carbons (Fsp3) is 1.00. The summed E-state index contributed by atoms with van der Waals surface area (Å²) in [5, 5.41) is 0. The van der Waals surface area contributed by atoms with E-state index in [0.717, 1.165) is 18.4 Å². The molecule has 0 aromatic heterocycles. The predicted molar refractivity (Wildman–Crippen MR) is 74.0 cm³/mol. The minimum atomic E-state index is 0.0671. The van der Waals surface area contributed by atoms with Crippen molar-refractivity contribution < 1.29 is 4.74 Å². The quantitative estimate of drug-likeness (QED) is 0.771. The zero-order chi connectivity index (χ0) is 13.1. The lowest BCUT2D eigenvalue weighted by molar-refractivity contribution is -0.0442. The highest BCUT2D eigenvalue weighted by molar-refractivity contribution is 4.86. The Morgan fingerprint density at radius 3 is 2.35 bits per heavy atom. The van der Waals surface area contributed by atoms with Gasteiger partial charge in [-0.05, 0) is 57.4 Å². The van der Waals surface area contributed by atoms with Crippen molar-refractivity contribution in [3.8, 4) is 0 Å². The number of hydrogen-bond acceptors (Lipinski definition) is 2. The van der Waals surface area contributed by atoms with Crippen molar-refractivity contribution in [3.63, 3.8) is 0 Å². The molecule has 0 aliphatic carbocycles. The van der Waals surface area contributed by atoms with Gasteiger partial charge in [-0.2, -0.15) is 0 Å². The maximum absolute atomic E-state index is 6.15. The van der Waals surface area contributed by atoms with Gasteiger partial charge in [-0.15, -0.1) is 0 Å². The van der Waals surface area contributed by atoms with E-state index in [9.17, 15) is 0 Å². The third-order valence-electron chi connectivity index (χ3n) is 4.40. The van der Waals surface area contributed by atoms with Crippen LogP contribution in [0, 0.1) is 17.8 Å². The highest BCUT2D eigenvalue weighted by Crippen LogP contribution is 2.36. The second kappa shape index (κ2) is 6.19. The van der Waals surface area contributed by atoms with Gasteiger partial charge in [0, 0.05) is 0 Å². The highest BCUT2D eigenvalue weighted by atomic mass is 16.5. The average Bonchev–Trinajstić information content (AvgIpc) is 2.60. The van der Waals surface area contributed by atoms with Gasteiger partial charge >= 0.3 is 0 Å². The lowest BCUT2D eigenvalue weighted by atomic mass is 9.82. The van der Waals surface area contributed by atoms with Crippen LogP contribution >= 0.6 is 0 Å². The van der Waals surface area contributed by atoms with E-state index in [0.29, 0.717) is 12.0 Å². The van der Waals surface area contributed by atoms with E-state index in [1.807, 2.05) is 0 Å². The number of nitrogens with two attached hydrogens (primary N) is 1. The van der Waals surface area contributed by atoms with Crippen molar-refractivity contribution in [1.82, 2.24) is 0 Å². The Labute approximate surface area is 107 Å². The van der Waals surface area contributed by atoms with Crippen molar-refractivity contribution in [3.05, 3.63) is 0 Å². The van der Waals surface area contributed by atoms with E-state index in [1.54, 1.807) is 0 Å². The van der Waals surface area contributed by atoms with Crippen LogP contribution in [0.25, 0.3) is 0 Å². The average molecular weight is 241 g/mol. The monoisotopic (exact) mass is 241 g/mol. The van der Waals surface area contributed by atoms with Gasteiger partial charge in [0.1, 0.15) is 0 Å². The topological polar surface area (TPSA) is 35.2 Å². The van der Waals surface area contributed by atoms with Gasteiger partial charge in [-0.25, -0.2) is 0 Å². The number of ether oxygens (including phenoxy) is 1.